The van der Waals surface area contributed by atoms with E-state index in [1.165, 1.54) is 24.3 Å². The van der Waals surface area contributed by atoms with Crippen LogP contribution < -0.4 is 15.0 Å². The fraction of sp³-hybridized carbons (Fsp3) is 0.333. The molecular formula is C24H28FN5O2. The minimum Gasteiger partial charge on any atom is -0.497 e. The summed E-state index contributed by atoms with van der Waals surface area (Å²) in [6.45, 7) is 4.10. The lowest BCUT2D eigenvalue weighted by Crippen LogP contribution is -2.31. The molecule has 1 N–H and O–H groups in total. The van der Waals surface area contributed by atoms with Crippen LogP contribution >= 0.6 is 0 Å². The predicted molar refractivity (Wildman–Crippen MR) is 123 cm³/mol. The van der Waals surface area contributed by atoms with Crippen LogP contribution in [0.1, 0.15) is 31.5 Å². The highest BCUT2D eigenvalue weighted by Gasteiger charge is 2.23. The van der Waals surface area contributed by atoms with Crippen molar-refractivity contribution in [2.45, 2.75) is 33.1 Å². The van der Waals surface area contributed by atoms with Crippen LogP contribution in [0.4, 0.5) is 15.9 Å². The van der Waals surface area contributed by atoms with Gasteiger partial charge in [0.1, 0.15) is 23.1 Å². The molecule has 0 unspecified atom stereocenters. The maximum absolute atomic E-state index is 13.1. The number of methoxy groups -OCH3 is 1. The molecule has 7 nitrogen and oxygen atoms in total. The van der Waals surface area contributed by atoms with E-state index in [1.54, 1.807) is 25.4 Å². The first-order valence-corrected chi connectivity index (χ1v) is 10.7. The zero-order chi connectivity index (χ0) is 23.1. The minimum atomic E-state index is -0.347. The van der Waals surface area contributed by atoms with E-state index in [-0.39, 0.29) is 18.3 Å². The number of benzene rings is 1. The first-order valence-electron chi connectivity index (χ1n) is 10.7. The van der Waals surface area contributed by atoms with Gasteiger partial charge in [-0.1, -0.05) is 13.8 Å². The third-order valence-corrected chi connectivity index (χ3v) is 4.98. The van der Waals surface area contributed by atoms with Crippen LogP contribution in [0.25, 0.3) is 11.5 Å². The maximum Gasteiger partial charge on any atom is 0.243 e. The van der Waals surface area contributed by atoms with E-state index < -0.39 is 0 Å². The van der Waals surface area contributed by atoms with Gasteiger partial charge in [-0.05, 0) is 49.6 Å². The number of fused-ring (bicyclic) bond motifs is 1. The molecule has 0 fully saturated rings. The van der Waals surface area contributed by atoms with Gasteiger partial charge in [0, 0.05) is 36.3 Å². The van der Waals surface area contributed by atoms with Crippen molar-refractivity contribution in [2.24, 2.45) is 0 Å². The molecular weight excluding hydrogens is 409 g/mol. The van der Waals surface area contributed by atoms with Gasteiger partial charge in [-0.15, -0.1) is 0 Å². The fourth-order valence-electron chi connectivity index (χ4n) is 3.53. The number of hydrogen-bond acceptors (Lipinski definition) is 6. The normalized spacial score (nSPS) is 11.8. The van der Waals surface area contributed by atoms with Crippen LogP contribution in [0.3, 0.4) is 0 Å². The van der Waals surface area contributed by atoms with Crippen molar-refractivity contribution in [1.82, 2.24) is 15.0 Å². The Bertz CT molecular complexity index is 1070. The van der Waals surface area contributed by atoms with Crippen molar-refractivity contribution in [1.29, 1.82) is 0 Å². The average molecular weight is 438 g/mol. The molecule has 0 radical (unpaired) electrons. The van der Waals surface area contributed by atoms with E-state index in [1.807, 2.05) is 25.8 Å². The monoisotopic (exact) mass is 437 g/mol. The van der Waals surface area contributed by atoms with E-state index in [0.29, 0.717) is 23.0 Å². The van der Waals surface area contributed by atoms with Gasteiger partial charge in [0.25, 0.3) is 0 Å². The molecule has 0 aliphatic heterocycles. The second-order valence-electron chi connectivity index (χ2n) is 7.14. The molecule has 2 aromatic heterocycles. The van der Waals surface area contributed by atoms with Crippen LogP contribution in [0.2, 0.25) is 0 Å². The summed E-state index contributed by atoms with van der Waals surface area (Å²) in [5, 5.41) is 2.78. The number of likely N-dealkylation sites (N-methyl/N-ethyl adjacent to an activating group) is 1. The first-order chi connectivity index (χ1) is 15.5. The number of hydrogen-bond donors (Lipinski definition) is 1. The van der Waals surface area contributed by atoms with Gasteiger partial charge in [0.05, 0.1) is 13.7 Å². The summed E-state index contributed by atoms with van der Waals surface area (Å²) in [5.41, 5.74) is 3.22. The van der Waals surface area contributed by atoms with E-state index in [9.17, 15) is 9.18 Å². The number of nitrogens with zero attached hydrogens (tertiary/aromatic N) is 4. The highest BCUT2D eigenvalue weighted by Crippen LogP contribution is 2.31. The lowest BCUT2D eigenvalue weighted by molar-refractivity contribution is -0.114. The lowest BCUT2D eigenvalue weighted by atomic mass is 10.2. The highest BCUT2D eigenvalue weighted by molar-refractivity contribution is 5.94. The molecule has 1 aliphatic rings. The van der Waals surface area contributed by atoms with Gasteiger partial charge in [-0.3, -0.25) is 9.78 Å². The molecule has 0 atom stereocenters. The molecule has 168 valence electrons. The Morgan fingerprint density at radius 1 is 1.16 bits per heavy atom. The van der Waals surface area contributed by atoms with E-state index >= 15 is 0 Å². The van der Waals surface area contributed by atoms with Gasteiger partial charge in [-0.25, -0.2) is 14.4 Å². The second-order valence-corrected chi connectivity index (χ2v) is 7.14. The number of aromatic nitrogens is 3. The van der Waals surface area contributed by atoms with Crippen molar-refractivity contribution >= 4 is 17.4 Å². The summed E-state index contributed by atoms with van der Waals surface area (Å²) in [5.74, 6) is 1.36. The molecule has 1 aliphatic carbocycles. The number of pyridine rings is 1. The fourth-order valence-corrected chi connectivity index (χ4v) is 3.53. The summed E-state index contributed by atoms with van der Waals surface area (Å²) >= 11 is 0. The summed E-state index contributed by atoms with van der Waals surface area (Å²) < 4.78 is 18.3. The SMILES string of the molecule is CC.COc1ccnc(-c2nc3c(c(N(C)CC(=O)Nc4ccc(F)cc4)n2)CCC3)c1. The molecule has 32 heavy (non-hydrogen) atoms. The van der Waals surface area contributed by atoms with Gasteiger partial charge in [0.2, 0.25) is 5.91 Å². The summed E-state index contributed by atoms with van der Waals surface area (Å²) in [6.07, 6.45) is 4.41. The van der Waals surface area contributed by atoms with Gasteiger partial charge >= 0.3 is 0 Å². The van der Waals surface area contributed by atoms with Crippen molar-refractivity contribution in [3.63, 3.8) is 0 Å². The number of rotatable bonds is 6. The lowest BCUT2D eigenvalue weighted by Gasteiger charge is -2.21. The Kier molecular flexibility index (Phi) is 7.70. The number of carbonyl (C=O) groups is 1. The largest absolute Gasteiger partial charge is 0.497 e. The molecule has 1 amide bonds. The first kappa shape index (κ1) is 23.1. The third-order valence-electron chi connectivity index (χ3n) is 4.98. The molecule has 0 spiro atoms. The standard InChI is InChI=1S/C22H22FN5O2.C2H6/c1-28(13-20(29)25-15-8-6-14(23)7-9-15)22-17-4-3-5-18(17)26-21(27-22)19-12-16(30-2)10-11-24-19;1-2/h6-12H,3-5,13H2,1-2H3,(H,25,29);1-2H3. The van der Waals surface area contributed by atoms with Crippen molar-refractivity contribution in [2.75, 3.05) is 30.9 Å². The summed E-state index contributed by atoms with van der Waals surface area (Å²) in [7, 11) is 3.43. The van der Waals surface area contributed by atoms with E-state index in [0.717, 1.165) is 36.3 Å². The number of carbonyl (C=O) groups excluding carboxylic acids is 1. The van der Waals surface area contributed by atoms with Crippen LogP contribution in [-0.4, -0.2) is 41.6 Å². The van der Waals surface area contributed by atoms with Crippen LogP contribution in [-0.2, 0) is 17.6 Å². The van der Waals surface area contributed by atoms with Gasteiger partial charge in [-0.2, -0.15) is 0 Å². The molecule has 3 aromatic rings. The molecule has 4 rings (SSSR count). The van der Waals surface area contributed by atoms with E-state index in [4.69, 9.17) is 14.7 Å². The number of ether oxygens (including phenoxy) is 1. The third kappa shape index (κ3) is 5.38. The number of aryl methyl sites for hydroxylation is 1. The molecule has 2 heterocycles. The smallest absolute Gasteiger partial charge is 0.243 e. The van der Waals surface area contributed by atoms with Gasteiger partial charge in [0.15, 0.2) is 5.82 Å². The topological polar surface area (TPSA) is 80.2 Å². The molecule has 0 saturated carbocycles. The van der Waals surface area contributed by atoms with Crippen molar-refractivity contribution in [3.05, 3.63) is 59.7 Å². The van der Waals surface area contributed by atoms with Crippen LogP contribution in [0.5, 0.6) is 5.75 Å². The Morgan fingerprint density at radius 3 is 2.62 bits per heavy atom. The second kappa shape index (κ2) is 10.7. The highest BCUT2D eigenvalue weighted by atomic mass is 19.1. The van der Waals surface area contributed by atoms with Crippen LogP contribution in [0, 0.1) is 5.82 Å². The zero-order valence-electron chi connectivity index (χ0n) is 18.9. The molecule has 1 aromatic carbocycles. The number of halogens is 1. The number of nitrogens with one attached hydrogen (secondary N) is 1. The van der Waals surface area contributed by atoms with Crippen LogP contribution in [0.15, 0.2) is 42.6 Å². The number of amides is 1. The van der Waals surface area contributed by atoms with Crippen molar-refractivity contribution < 1.29 is 13.9 Å². The Hall–Kier alpha value is -3.55. The quantitative estimate of drug-likeness (QED) is 0.620. The van der Waals surface area contributed by atoms with E-state index in [2.05, 4.69) is 10.3 Å². The Balaban J connectivity index is 0.00000141. The average Bonchev–Trinajstić information content (AvgIpc) is 3.30. The molecule has 0 saturated heterocycles. The predicted octanol–water partition coefficient (Wildman–Crippen LogP) is 4.28. The van der Waals surface area contributed by atoms with Crippen molar-refractivity contribution in [3.8, 4) is 17.3 Å². The molecule has 0 bridgehead atoms. The minimum absolute atomic E-state index is 0.103. The summed E-state index contributed by atoms with van der Waals surface area (Å²) in [6, 6.07) is 9.24. The zero-order valence-corrected chi connectivity index (χ0v) is 18.9. The molecule has 8 heteroatoms. The Morgan fingerprint density at radius 2 is 1.91 bits per heavy atom. The number of anilines is 2. The summed E-state index contributed by atoms with van der Waals surface area (Å²) in [4.78, 5) is 28.1. The Labute approximate surface area is 187 Å². The maximum atomic E-state index is 13.1. The van der Waals surface area contributed by atoms with Gasteiger partial charge < -0.3 is 15.0 Å².